The first-order chi connectivity index (χ1) is 7.84. The topological polar surface area (TPSA) is 112 Å². The van der Waals surface area contributed by atoms with Crippen molar-refractivity contribution in [2.45, 2.75) is 0 Å². The maximum atomic E-state index is 11.7. The Morgan fingerprint density at radius 2 is 1.44 bits per heavy atom. The molecule has 0 saturated heterocycles. The number of ketones is 2. The van der Waals surface area contributed by atoms with Gasteiger partial charge in [0.2, 0.25) is 11.6 Å². The zero-order valence-electron chi connectivity index (χ0n) is 9.21. The van der Waals surface area contributed by atoms with E-state index in [0.29, 0.717) is 0 Å². The Hall–Kier alpha value is -0.990. The Morgan fingerprint density at radius 3 is 1.89 bits per heavy atom. The van der Waals surface area contributed by atoms with Gasteiger partial charge >= 0.3 is 29.6 Å². The van der Waals surface area contributed by atoms with Gasteiger partial charge in [-0.15, -0.1) is 0 Å². The van der Waals surface area contributed by atoms with Gasteiger partial charge in [-0.2, -0.15) is 0 Å². The number of hydrogen-bond donors (Lipinski definition) is 1. The number of Topliss-reactive ketones (excluding diaryl/α,β-unsaturated/α-hetero) is 2. The summed E-state index contributed by atoms with van der Waals surface area (Å²) >= 11 is 0. The molecule has 18 heavy (non-hydrogen) atoms. The maximum absolute atomic E-state index is 11.7. The van der Waals surface area contributed by atoms with Crippen LogP contribution in [0.3, 0.4) is 0 Å². The fourth-order valence-corrected chi connectivity index (χ4v) is 2.24. The van der Waals surface area contributed by atoms with Crippen molar-refractivity contribution < 1.29 is 57.2 Å². The van der Waals surface area contributed by atoms with Crippen LogP contribution in [0.2, 0.25) is 0 Å². The average Bonchev–Trinajstić information content (AvgIpc) is 2.24. The summed E-state index contributed by atoms with van der Waals surface area (Å²) in [5.74, 6) is -3.52. The van der Waals surface area contributed by atoms with Gasteiger partial charge in [-0.3, -0.25) is 9.59 Å². The third-order valence-corrected chi connectivity index (χ3v) is 3.18. The van der Waals surface area contributed by atoms with Crippen LogP contribution in [0.5, 0.6) is 0 Å². The van der Waals surface area contributed by atoms with Crippen LogP contribution in [0.25, 0.3) is 0 Å². The summed E-state index contributed by atoms with van der Waals surface area (Å²) in [6.45, 7) is 0. The molecule has 8 heteroatoms. The van der Waals surface area contributed by atoms with Crippen LogP contribution in [-0.2, 0) is 10.1 Å². The molecule has 1 aromatic carbocycles. The molecule has 0 amide bonds. The van der Waals surface area contributed by atoms with Gasteiger partial charge in [-0.1, -0.05) is 24.3 Å². The van der Waals surface area contributed by atoms with Gasteiger partial charge in [0.05, 0.1) is 0 Å². The van der Waals surface area contributed by atoms with E-state index in [-0.39, 0.29) is 40.7 Å². The van der Waals surface area contributed by atoms with Crippen molar-refractivity contribution in [3.63, 3.8) is 0 Å². The minimum Gasteiger partial charge on any atom is -0.744 e. The molecule has 0 radical (unpaired) electrons. The van der Waals surface area contributed by atoms with Crippen molar-refractivity contribution in [1.29, 1.82) is 0 Å². The van der Waals surface area contributed by atoms with Crippen LogP contribution in [0.4, 0.5) is 0 Å². The molecule has 6 nitrogen and oxygen atoms in total. The fraction of sp³-hybridized carbons (Fsp3) is 0. The maximum Gasteiger partial charge on any atom is 1.00 e. The Balaban J connectivity index is 0.00000162. The third-order valence-electron chi connectivity index (χ3n) is 2.30. The minimum atomic E-state index is -5.19. The summed E-state index contributed by atoms with van der Waals surface area (Å²) in [7, 11) is -5.19. The minimum absolute atomic E-state index is 0. The van der Waals surface area contributed by atoms with E-state index in [2.05, 4.69) is 0 Å². The summed E-state index contributed by atoms with van der Waals surface area (Å²) in [6, 6.07) is 5.35. The number of aliphatic hydroxyl groups is 1. The van der Waals surface area contributed by atoms with Crippen LogP contribution in [0, 0.1) is 0 Å². The SMILES string of the molecule is O=C1C(O)=C(S(=O)(=O)[O-])C(=O)c2ccccc21.[Na+]. The van der Waals surface area contributed by atoms with Crippen molar-refractivity contribution in [3.05, 3.63) is 46.1 Å². The molecule has 1 aliphatic rings. The molecule has 0 spiro atoms. The molecule has 0 fully saturated rings. The van der Waals surface area contributed by atoms with E-state index in [9.17, 15) is 27.7 Å². The van der Waals surface area contributed by atoms with Gasteiger partial charge in [0.15, 0.2) is 5.76 Å². The molecule has 2 rings (SSSR count). The van der Waals surface area contributed by atoms with Gasteiger partial charge in [-0.25, -0.2) is 8.42 Å². The number of fused-ring (bicyclic) bond motifs is 1. The molecule has 0 aliphatic heterocycles. The monoisotopic (exact) mass is 276 g/mol. The van der Waals surface area contributed by atoms with Crippen LogP contribution < -0.4 is 29.6 Å². The van der Waals surface area contributed by atoms with Crippen molar-refractivity contribution in [2.75, 3.05) is 0 Å². The van der Waals surface area contributed by atoms with E-state index < -0.39 is 32.3 Å². The van der Waals surface area contributed by atoms with E-state index in [4.69, 9.17) is 0 Å². The predicted molar refractivity (Wildman–Crippen MR) is 54.5 cm³/mol. The number of hydrogen-bond acceptors (Lipinski definition) is 6. The molecule has 0 heterocycles. The van der Waals surface area contributed by atoms with Gasteiger partial charge in [0.1, 0.15) is 15.0 Å². The Kier molecular flexibility index (Phi) is 4.14. The Labute approximate surface area is 124 Å². The molecule has 0 aromatic heterocycles. The zero-order chi connectivity index (χ0) is 12.8. The van der Waals surface area contributed by atoms with Gasteiger partial charge in [0, 0.05) is 11.1 Å². The zero-order valence-corrected chi connectivity index (χ0v) is 12.0. The Morgan fingerprint density at radius 1 is 1.00 bits per heavy atom. The van der Waals surface area contributed by atoms with Crippen LogP contribution in [0.1, 0.15) is 20.7 Å². The average molecular weight is 276 g/mol. The molecule has 0 unspecified atom stereocenters. The quantitative estimate of drug-likeness (QED) is 0.444. The second kappa shape index (κ2) is 4.94. The van der Waals surface area contributed by atoms with E-state index >= 15 is 0 Å². The fourth-order valence-electron chi connectivity index (χ4n) is 1.57. The molecule has 1 N–H and O–H groups in total. The molecule has 1 aliphatic carbocycles. The molecule has 0 bridgehead atoms. The van der Waals surface area contributed by atoms with Crippen LogP contribution in [-0.4, -0.2) is 29.6 Å². The summed E-state index contributed by atoms with van der Waals surface area (Å²) in [6.07, 6.45) is 0. The number of carbonyl (C=O) groups excluding carboxylic acids is 2. The summed E-state index contributed by atoms with van der Waals surface area (Å²) in [5, 5.41) is 9.32. The smallest absolute Gasteiger partial charge is 0.744 e. The van der Waals surface area contributed by atoms with Crippen molar-refractivity contribution in [2.24, 2.45) is 0 Å². The van der Waals surface area contributed by atoms with E-state index in [0.717, 1.165) is 0 Å². The third kappa shape index (κ3) is 2.27. The van der Waals surface area contributed by atoms with Crippen molar-refractivity contribution in [1.82, 2.24) is 0 Å². The van der Waals surface area contributed by atoms with Crippen molar-refractivity contribution in [3.8, 4) is 0 Å². The normalized spacial score (nSPS) is 15.2. The molecular formula is C10H5NaO6S. The van der Waals surface area contributed by atoms with Crippen LogP contribution >= 0.6 is 0 Å². The molecule has 1 aromatic rings. The summed E-state index contributed by atoms with van der Waals surface area (Å²) in [5.41, 5.74) is -0.327. The van der Waals surface area contributed by atoms with Gasteiger partial charge < -0.3 is 9.66 Å². The second-order valence-electron chi connectivity index (χ2n) is 3.34. The van der Waals surface area contributed by atoms with Gasteiger partial charge in [-0.05, 0) is 0 Å². The molecule has 0 atom stereocenters. The standard InChI is InChI=1S/C10H6O6S.Na/c11-7-5-3-1-2-4-6(5)8(12)10(9(7)13)17(14,15)16;/h1-4,13H,(H,14,15,16);/q;+1/p-1. The second-order valence-corrected chi connectivity index (χ2v) is 4.65. The van der Waals surface area contributed by atoms with E-state index in [1.54, 1.807) is 0 Å². The number of carbonyl (C=O) groups is 2. The van der Waals surface area contributed by atoms with E-state index in [1.807, 2.05) is 0 Å². The predicted octanol–water partition coefficient (Wildman–Crippen LogP) is -2.62. The first-order valence-corrected chi connectivity index (χ1v) is 5.82. The van der Waals surface area contributed by atoms with Gasteiger partial charge in [0.25, 0.3) is 0 Å². The van der Waals surface area contributed by atoms with E-state index in [1.165, 1.54) is 24.3 Å². The molecule has 0 saturated carbocycles. The number of aliphatic hydroxyl groups excluding tert-OH is 1. The molecule has 88 valence electrons. The van der Waals surface area contributed by atoms with Crippen LogP contribution in [0.15, 0.2) is 34.9 Å². The largest absolute Gasteiger partial charge is 1.00 e. The number of benzene rings is 1. The molecular weight excluding hydrogens is 271 g/mol. The Bertz CT molecular complexity index is 673. The van der Waals surface area contributed by atoms with Crippen molar-refractivity contribution >= 4 is 21.7 Å². The number of allylic oxidation sites excluding steroid dienone is 2. The first kappa shape index (κ1) is 15.1. The summed E-state index contributed by atoms with van der Waals surface area (Å²) < 4.78 is 32.4. The summed E-state index contributed by atoms with van der Waals surface area (Å²) in [4.78, 5) is 21.8. The number of rotatable bonds is 1. The first-order valence-electron chi connectivity index (χ1n) is 4.41.